The zero-order chi connectivity index (χ0) is 15.9. The van der Waals surface area contributed by atoms with E-state index in [0.29, 0.717) is 0 Å². The molecule has 1 aromatic heterocycles. The first-order valence-electron chi connectivity index (χ1n) is 8.70. The van der Waals surface area contributed by atoms with Gasteiger partial charge in [-0.1, -0.05) is 37.3 Å². The molecule has 0 atom stereocenters. The van der Waals surface area contributed by atoms with E-state index >= 15 is 0 Å². The lowest BCUT2D eigenvalue weighted by atomic mass is 9.90. The minimum atomic E-state index is 0.785. The summed E-state index contributed by atoms with van der Waals surface area (Å²) in [4.78, 5) is 11.1. The van der Waals surface area contributed by atoms with Crippen molar-refractivity contribution in [1.82, 2.24) is 9.97 Å². The molecule has 0 radical (unpaired) electrons. The van der Waals surface area contributed by atoms with Gasteiger partial charge in [0, 0.05) is 25.7 Å². The molecule has 0 amide bonds. The highest BCUT2D eigenvalue weighted by molar-refractivity contribution is 5.48. The van der Waals surface area contributed by atoms with Gasteiger partial charge in [-0.3, -0.25) is 0 Å². The van der Waals surface area contributed by atoms with Crippen LogP contribution < -0.4 is 10.2 Å². The van der Waals surface area contributed by atoms with Crippen molar-refractivity contribution in [2.75, 3.05) is 29.9 Å². The van der Waals surface area contributed by atoms with Crippen molar-refractivity contribution >= 4 is 11.6 Å². The van der Waals surface area contributed by atoms with Crippen molar-refractivity contribution < 1.29 is 0 Å². The fraction of sp³-hybridized carbons (Fsp3) is 0.474. The van der Waals surface area contributed by atoms with Crippen LogP contribution in [0.5, 0.6) is 0 Å². The Balaban J connectivity index is 1.54. The summed E-state index contributed by atoms with van der Waals surface area (Å²) in [6.45, 7) is 5.28. The van der Waals surface area contributed by atoms with Crippen LogP contribution in [-0.4, -0.2) is 29.6 Å². The number of hydrogen-bond acceptors (Lipinski definition) is 4. The van der Waals surface area contributed by atoms with Gasteiger partial charge in [0.1, 0.15) is 18.0 Å². The van der Waals surface area contributed by atoms with Gasteiger partial charge in [0.25, 0.3) is 0 Å². The van der Waals surface area contributed by atoms with Crippen molar-refractivity contribution in [3.63, 3.8) is 0 Å². The molecule has 0 unspecified atom stereocenters. The van der Waals surface area contributed by atoms with Gasteiger partial charge in [-0.25, -0.2) is 9.97 Å². The van der Waals surface area contributed by atoms with E-state index in [1.54, 1.807) is 6.33 Å². The van der Waals surface area contributed by atoms with Crippen molar-refractivity contribution in [2.24, 2.45) is 5.92 Å². The molecule has 1 N–H and O–H groups in total. The van der Waals surface area contributed by atoms with Gasteiger partial charge in [0.2, 0.25) is 0 Å². The molecule has 1 aromatic carbocycles. The van der Waals surface area contributed by atoms with Crippen molar-refractivity contribution in [1.29, 1.82) is 0 Å². The van der Waals surface area contributed by atoms with Gasteiger partial charge >= 0.3 is 0 Å². The van der Waals surface area contributed by atoms with Crippen LogP contribution in [0.2, 0.25) is 0 Å². The first-order chi connectivity index (χ1) is 11.3. The highest BCUT2D eigenvalue weighted by atomic mass is 15.2. The summed E-state index contributed by atoms with van der Waals surface area (Å²) >= 11 is 0. The molecule has 1 saturated heterocycles. The third kappa shape index (κ3) is 4.44. The predicted molar refractivity (Wildman–Crippen MR) is 95.9 cm³/mol. The van der Waals surface area contributed by atoms with Crippen LogP contribution in [0.4, 0.5) is 11.6 Å². The van der Waals surface area contributed by atoms with E-state index in [4.69, 9.17) is 0 Å². The van der Waals surface area contributed by atoms with E-state index in [9.17, 15) is 0 Å². The van der Waals surface area contributed by atoms with Crippen molar-refractivity contribution in [2.45, 2.75) is 32.6 Å². The van der Waals surface area contributed by atoms with E-state index in [-0.39, 0.29) is 0 Å². The third-order valence-corrected chi connectivity index (χ3v) is 4.51. The molecular weight excluding hydrogens is 284 g/mol. The number of anilines is 2. The number of piperidine rings is 1. The summed E-state index contributed by atoms with van der Waals surface area (Å²) in [5.41, 5.74) is 1.46. The Morgan fingerprint density at radius 3 is 2.65 bits per heavy atom. The fourth-order valence-corrected chi connectivity index (χ4v) is 3.18. The number of nitrogens with one attached hydrogen (secondary N) is 1. The van der Waals surface area contributed by atoms with E-state index in [0.717, 1.165) is 43.6 Å². The van der Waals surface area contributed by atoms with Crippen LogP contribution in [0, 0.1) is 5.92 Å². The Morgan fingerprint density at radius 1 is 1.13 bits per heavy atom. The van der Waals surface area contributed by atoms with E-state index in [1.165, 1.54) is 24.8 Å². The minimum Gasteiger partial charge on any atom is -0.370 e. The predicted octanol–water partition coefficient (Wildman–Crippen LogP) is 3.76. The van der Waals surface area contributed by atoms with E-state index in [1.807, 2.05) is 0 Å². The summed E-state index contributed by atoms with van der Waals surface area (Å²) in [6, 6.07) is 12.9. The second-order valence-corrected chi connectivity index (χ2v) is 6.31. The summed E-state index contributed by atoms with van der Waals surface area (Å²) < 4.78 is 0. The lowest BCUT2D eigenvalue weighted by molar-refractivity contribution is 0.402. The smallest absolute Gasteiger partial charge is 0.134 e. The monoisotopic (exact) mass is 310 g/mol. The molecule has 23 heavy (non-hydrogen) atoms. The molecule has 0 saturated carbocycles. The van der Waals surface area contributed by atoms with E-state index < -0.39 is 0 Å². The summed E-state index contributed by atoms with van der Waals surface area (Å²) in [7, 11) is 0. The summed E-state index contributed by atoms with van der Waals surface area (Å²) in [5, 5.41) is 3.34. The van der Waals surface area contributed by atoms with Crippen LogP contribution >= 0.6 is 0 Å². The second-order valence-electron chi connectivity index (χ2n) is 6.31. The average Bonchev–Trinajstić information content (AvgIpc) is 2.62. The fourth-order valence-electron chi connectivity index (χ4n) is 3.18. The SMILES string of the molecule is CCCNc1cc(N2CCC(Cc3ccccc3)CC2)ncn1. The molecular formula is C19H26N4. The Labute approximate surface area is 139 Å². The lowest BCUT2D eigenvalue weighted by Crippen LogP contribution is -2.34. The Morgan fingerprint density at radius 2 is 1.91 bits per heavy atom. The van der Waals surface area contributed by atoms with Gasteiger partial charge in [-0.05, 0) is 37.2 Å². The first-order valence-corrected chi connectivity index (χ1v) is 8.70. The van der Waals surface area contributed by atoms with Crippen molar-refractivity contribution in [3.8, 4) is 0 Å². The zero-order valence-corrected chi connectivity index (χ0v) is 13.9. The number of nitrogens with zero attached hydrogens (tertiary/aromatic N) is 3. The van der Waals surface area contributed by atoms with Gasteiger partial charge in [0.05, 0.1) is 0 Å². The van der Waals surface area contributed by atoms with E-state index in [2.05, 4.69) is 63.5 Å². The van der Waals surface area contributed by atoms with Crippen molar-refractivity contribution in [3.05, 3.63) is 48.3 Å². The van der Waals surface area contributed by atoms with Gasteiger partial charge in [-0.15, -0.1) is 0 Å². The molecule has 1 fully saturated rings. The molecule has 2 aromatic rings. The molecule has 3 rings (SSSR count). The Bertz CT molecular complexity index is 591. The normalized spacial score (nSPS) is 15.6. The average molecular weight is 310 g/mol. The van der Waals surface area contributed by atoms with Crippen LogP contribution in [-0.2, 0) is 6.42 Å². The molecule has 1 aliphatic rings. The Kier molecular flexibility index (Phi) is 5.46. The van der Waals surface area contributed by atoms with Crippen LogP contribution in [0.1, 0.15) is 31.7 Å². The quantitative estimate of drug-likeness (QED) is 0.882. The maximum atomic E-state index is 4.45. The summed E-state index contributed by atoms with van der Waals surface area (Å²) in [6.07, 6.45) is 6.43. The number of benzene rings is 1. The Hall–Kier alpha value is -2.10. The maximum absolute atomic E-state index is 4.45. The molecule has 0 aliphatic carbocycles. The topological polar surface area (TPSA) is 41.0 Å². The zero-order valence-electron chi connectivity index (χ0n) is 13.9. The molecule has 1 aliphatic heterocycles. The van der Waals surface area contributed by atoms with Crippen LogP contribution in [0.3, 0.4) is 0 Å². The minimum absolute atomic E-state index is 0.785. The standard InChI is InChI=1S/C19H26N4/c1-2-10-20-18-14-19(22-15-21-18)23-11-8-17(9-12-23)13-16-6-4-3-5-7-16/h3-7,14-15,17H,2,8-13H2,1H3,(H,20,21,22). The molecule has 2 heterocycles. The maximum Gasteiger partial charge on any atom is 0.134 e. The number of aromatic nitrogens is 2. The second kappa shape index (κ2) is 7.95. The highest BCUT2D eigenvalue weighted by Gasteiger charge is 2.20. The molecule has 122 valence electrons. The molecule has 4 heteroatoms. The largest absolute Gasteiger partial charge is 0.370 e. The third-order valence-electron chi connectivity index (χ3n) is 4.51. The van der Waals surface area contributed by atoms with Crippen LogP contribution in [0.25, 0.3) is 0 Å². The van der Waals surface area contributed by atoms with Crippen LogP contribution in [0.15, 0.2) is 42.7 Å². The lowest BCUT2D eigenvalue weighted by Gasteiger charge is -2.33. The van der Waals surface area contributed by atoms with Gasteiger partial charge in [0.15, 0.2) is 0 Å². The molecule has 4 nitrogen and oxygen atoms in total. The number of hydrogen-bond donors (Lipinski definition) is 1. The highest BCUT2D eigenvalue weighted by Crippen LogP contribution is 2.25. The number of rotatable bonds is 6. The first kappa shape index (κ1) is 15.8. The van der Waals surface area contributed by atoms with Gasteiger partial charge < -0.3 is 10.2 Å². The molecule has 0 spiro atoms. The molecule has 0 bridgehead atoms. The summed E-state index contributed by atoms with van der Waals surface area (Å²) in [5.74, 6) is 2.77. The van der Waals surface area contributed by atoms with Gasteiger partial charge in [-0.2, -0.15) is 0 Å².